The topological polar surface area (TPSA) is 6.48 Å². The summed E-state index contributed by atoms with van der Waals surface area (Å²) in [7, 11) is 0. The largest absolute Gasteiger partial charge is 0.310 e. The van der Waals surface area contributed by atoms with E-state index in [1.165, 1.54) is 33.4 Å². The molecule has 0 aromatic heterocycles. The van der Waals surface area contributed by atoms with Crippen LogP contribution in [0.4, 0.5) is 34.1 Å². The van der Waals surface area contributed by atoms with Crippen molar-refractivity contribution in [1.82, 2.24) is 0 Å². The molecule has 0 radical (unpaired) electrons. The maximum Gasteiger partial charge on any atom is 0.252 e. The van der Waals surface area contributed by atoms with E-state index < -0.39 is 53.8 Å². The summed E-state index contributed by atoms with van der Waals surface area (Å²) in [6.45, 7) is 60.9. The molecule has 538 valence electrons. The lowest BCUT2D eigenvalue weighted by molar-refractivity contribution is 0.568. The molecule has 0 saturated heterocycles. The van der Waals surface area contributed by atoms with Gasteiger partial charge in [-0.1, -0.05) is 357 Å². The zero-order valence-corrected chi connectivity index (χ0v) is 68.0. The number of hydrogen-bond acceptors (Lipinski definition) is 2. The van der Waals surface area contributed by atoms with Crippen LogP contribution in [0.25, 0.3) is 66.8 Å². The molecule has 2 nitrogen and oxygen atoms in total. The maximum absolute atomic E-state index is 9.77. The van der Waals surface area contributed by atoms with Crippen molar-refractivity contribution in [2.45, 2.75) is 236 Å². The average molecular weight is 1390 g/mol. The molecular weight excluding hydrogens is 1260 g/mol. The van der Waals surface area contributed by atoms with Gasteiger partial charge in [0.1, 0.15) is 0 Å². The molecule has 2 aliphatic rings. The van der Waals surface area contributed by atoms with Gasteiger partial charge in [-0.3, -0.25) is 0 Å². The second-order valence-corrected chi connectivity index (χ2v) is 39.4. The Labute approximate surface area is 648 Å². The van der Waals surface area contributed by atoms with Crippen LogP contribution >= 0.6 is 0 Å². The molecule has 0 bridgehead atoms. The molecule has 2 aliphatic heterocycles. The Morgan fingerprint density at radius 2 is 0.543 bits per heavy atom. The van der Waals surface area contributed by atoms with Gasteiger partial charge in [-0.25, -0.2) is 0 Å². The first kappa shape index (κ1) is 62.3. The molecule has 3 heteroatoms. The van der Waals surface area contributed by atoms with Crippen LogP contribution in [0.2, 0.25) is 0 Å². The summed E-state index contributed by atoms with van der Waals surface area (Å²) in [5.41, 5.74) is 24.3. The van der Waals surface area contributed by atoms with E-state index in [1.807, 2.05) is 12.1 Å². The molecule has 0 aliphatic carbocycles. The van der Waals surface area contributed by atoms with Crippen molar-refractivity contribution in [3.05, 3.63) is 268 Å². The Morgan fingerprint density at radius 3 is 0.905 bits per heavy atom. The minimum Gasteiger partial charge on any atom is -0.310 e. The molecule has 2 heterocycles. The van der Waals surface area contributed by atoms with Gasteiger partial charge in [-0.15, -0.1) is 0 Å². The van der Waals surface area contributed by atoms with Gasteiger partial charge in [-0.05, 0) is 208 Å². The number of fused-ring (bicyclic) bond motifs is 4. The van der Waals surface area contributed by atoms with E-state index in [-0.39, 0.29) is 73.2 Å². The lowest BCUT2D eigenvalue weighted by atomic mass is 9.33. The van der Waals surface area contributed by atoms with Gasteiger partial charge in [0, 0.05) is 45.0 Å². The van der Waals surface area contributed by atoms with Crippen LogP contribution in [-0.2, 0) is 48.7 Å². The molecule has 0 atom stereocenters. The molecule has 11 aromatic carbocycles. The number of anilines is 6. The molecule has 13 rings (SSSR count). The molecule has 0 fully saturated rings. The van der Waals surface area contributed by atoms with E-state index in [2.05, 4.69) is 342 Å². The molecule has 0 unspecified atom stereocenters. The van der Waals surface area contributed by atoms with Gasteiger partial charge in [0.2, 0.25) is 0 Å². The van der Waals surface area contributed by atoms with Crippen molar-refractivity contribution in [2.75, 3.05) is 9.80 Å². The zero-order chi connectivity index (χ0) is 84.7. The fourth-order valence-electron chi connectivity index (χ4n) is 15.3. The lowest BCUT2D eigenvalue weighted by Crippen LogP contribution is -2.61. The monoisotopic (exact) mass is 1390 g/mol. The third kappa shape index (κ3) is 14.3. The van der Waals surface area contributed by atoms with E-state index in [0.717, 1.165) is 112 Å². The second-order valence-electron chi connectivity index (χ2n) is 39.4. The average Bonchev–Trinajstić information content (AvgIpc) is 0.683. The van der Waals surface area contributed by atoms with Crippen molar-refractivity contribution < 1.29 is 13.7 Å². The summed E-state index contributed by atoms with van der Waals surface area (Å²) in [4.78, 5) is 4.97. The fraction of sp³-hybridized carbons (Fsp3) is 0.353. The smallest absolute Gasteiger partial charge is 0.252 e. The van der Waals surface area contributed by atoms with Crippen LogP contribution < -0.4 is 26.2 Å². The maximum atomic E-state index is 9.77. The first-order valence-electron chi connectivity index (χ1n) is 43.0. The summed E-state index contributed by atoms with van der Waals surface area (Å²) >= 11 is 0. The van der Waals surface area contributed by atoms with Gasteiger partial charge >= 0.3 is 0 Å². The summed E-state index contributed by atoms with van der Waals surface area (Å²) in [5.74, 6) is 0. The Morgan fingerprint density at radius 1 is 0.229 bits per heavy atom. The first-order chi connectivity index (χ1) is 52.9. The quantitative estimate of drug-likeness (QED) is 0.140. The van der Waals surface area contributed by atoms with Crippen LogP contribution in [0.5, 0.6) is 0 Å². The van der Waals surface area contributed by atoms with E-state index in [0.29, 0.717) is 11.1 Å². The third-order valence-electron chi connectivity index (χ3n) is 22.0. The third-order valence-corrected chi connectivity index (χ3v) is 22.0. The van der Waals surface area contributed by atoms with Crippen LogP contribution in [-0.4, -0.2) is 6.71 Å². The van der Waals surface area contributed by atoms with Gasteiger partial charge in [0.15, 0.2) is 0 Å². The van der Waals surface area contributed by atoms with Gasteiger partial charge in [0.25, 0.3) is 6.71 Å². The van der Waals surface area contributed by atoms with Crippen molar-refractivity contribution in [2.24, 2.45) is 0 Å². The van der Waals surface area contributed by atoms with E-state index in [1.54, 1.807) is 0 Å². The predicted octanol–water partition coefficient (Wildman–Crippen LogP) is 27.4. The van der Waals surface area contributed by atoms with Crippen LogP contribution in [0.15, 0.2) is 218 Å². The molecule has 0 spiro atoms. The highest BCUT2D eigenvalue weighted by molar-refractivity contribution is 7.00. The summed E-state index contributed by atoms with van der Waals surface area (Å²) < 4.78 is 93.9. The molecular formula is C102H117BN2. The minimum atomic E-state index is -0.619. The van der Waals surface area contributed by atoms with Crippen molar-refractivity contribution in [3.63, 3.8) is 0 Å². The summed E-state index contributed by atoms with van der Waals surface area (Å²) in [6.07, 6.45) is 0. The normalized spacial score (nSPS) is 15.1. The van der Waals surface area contributed by atoms with Gasteiger partial charge in [-0.2, -0.15) is 0 Å². The van der Waals surface area contributed by atoms with Crippen molar-refractivity contribution >= 4 is 57.2 Å². The molecule has 0 amide bonds. The van der Waals surface area contributed by atoms with Crippen molar-refractivity contribution in [1.29, 1.82) is 0 Å². The number of hydrogen-bond donors (Lipinski definition) is 0. The number of nitrogens with zero attached hydrogens (tertiary/aromatic N) is 2. The molecule has 11 aromatic rings. The minimum absolute atomic E-state index is 0.0793. The van der Waals surface area contributed by atoms with Gasteiger partial charge in [0.05, 0.1) is 25.1 Å². The van der Waals surface area contributed by atoms with Crippen LogP contribution in [0.3, 0.4) is 0 Å². The Bertz CT molecular complexity index is 5690. The number of rotatable bonds is 8. The summed E-state index contributed by atoms with van der Waals surface area (Å²) in [6, 6.07) is 55.2. The highest BCUT2D eigenvalue weighted by Crippen LogP contribution is 2.57. The molecule has 105 heavy (non-hydrogen) atoms. The Hall–Kier alpha value is -8.92. The van der Waals surface area contributed by atoms with E-state index in [4.69, 9.17) is 2.74 Å². The fourth-order valence-corrected chi connectivity index (χ4v) is 15.3. The SMILES string of the molecule is [2H]c1c([2H])c([2H])c(-c2ccc3c(c2)N(c2c(-c4ccc(C(C)(C)C)cc4)cc(C(C)(C)C)cc2-c2cc(C(C)(C)C)cc(C(C)(C)C)c2)c2cc(C(C)(C)C)cc4c2B3c2ccc(-c3c([2H])c([2H])c([2H])c([2H])c3[2H])cc2N4c2c(-c3ccc(C(C)(C)C)cc3)cc(C(C)(C)C)cc2-c2ccc(C(C)(C)C)cc2C(C)(C)C)c([2H])c1[2H]. The van der Waals surface area contributed by atoms with Gasteiger partial charge < -0.3 is 9.80 Å². The zero-order valence-electron chi connectivity index (χ0n) is 78.0. The van der Waals surface area contributed by atoms with E-state index >= 15 is 0 Å². The molecule has 0 N–H and O–H groups in total. The standard InChI is InChI=1S/C102H117BN2/c1-94(2,3)71-44-38-66(39-45-71)80-57-76(99(16,17)18)59-82(70-52-74(97(10,11)12)56-75(53-70)98(13,14)15)92(80)104-87-54-68(64-34-30-28-31-35-64)42-50-85(87)103-86-51-43-69(65-36-32-29-33-37-65)55-88(86)105(90-63-78(101(22,23)24)62-89(104)91(90)103)93-81(67-40-46-72(47-41-67)95(4,5)6)58-77(100(19,20)21)60-83(93)79-49-48-73(96(7,8)9)61-84(79)102(25,26)27/h28-63H,1-27H3/i28D,29D,30D,31D,32D,33D,34D,35D,36D,37D. The molecule has 0 saturated carbocycles. The Balaban J connectivity index is 1.33. The van der Waals surface area contributed by atoms with Crippen molar-refractivity contribution in [3.8, 4) is 66.8 Å². The predicted molar refractivity (Wildman–Crippen MR) is 461 cm³/mol. The highest BCUT2D eigenvalue weighted by atomic mass is 15.2. The van der Waals surface area contributed by atoms with E-state index in [9.17, 15) is 11.0 Å². The van der Waals surface area contributed by atoms with Crippen LogP contribution in [0.1, 0.15) is 251 Å². The Kier molecular flexibility index (Phi) is 15.4. The number of benzene rings is 11. The lowest BCUT2D eigenvalue weighted by Gasteiger charge is -2.47. The summed E-state index contributed by atoms with van der Waals surface area (Å²) in [5, 5.41) is 0. The highest BCUT2D eigenvalue weighted by Gasteiger charge is 2.47. The first-order valence-corrected chi connectivity index (χ1v) is 38.0. The van der Waals surface area contributed by atoms with Crippen LogP contribution in [0, 0.1) is 0 Å². The second kappa shape index (κ2) is 26.0.